The molecule has 7 rings (SSSR count). The molecule has 0 N–H and O–H groups in total. The van der Waals surface area contributed by atoms with E-state index in [1.165, 1.54) is 5.56 Å². The van der Waals surface area contributed by atoms with E-state index in [4.69, 9.17) is 9.72 Å². The lowest BCUT2D eigenvalue weighted by molar-refractivity contribution is 0.0545. The molecule has 0 saturated heterocycles. The van der Waals surface area contributed by atoms with Crippen LogP contribution in [0.3, 0.4) is 0 Å². The summed E-state index contributed by atoms with van der Waals surface area (Å²) in [7, 11) is 0. The molecular weight excluding hydrogens is 556 g/mol. The van der Waals surface area contributed by atoms with Gasteiger partial charge in [-0.25, -0.2) is 14.3 Å². The minimum Gasteiger partial charge on any atom is -0.443 e. The molecule has 0 amide bonds. The molecular formula is C39H36N4O2. The molecule has 224 valence electrons. The number of hydrogen-bond acceptors (Lipinski definition) is 4. The van der Waals surface area contributed by atoms with Gasteiger partial charge in [0, 0.05) is 33.5 Å². The Morgan fingerprint density at radius 3 is 2.18 bits per heavy atom. The van der Waals surface area contributed by atoms with Gasteiger partial charge in [0.15, 0.2) is 0 Å². The average Bonchev–Trinajstić information content (AvgIpc) is 3.55. The second kappa shape index (κ2) is 10.4. The van der Waals surface area contributed by atoms with Gasteiger partial charge < -0.3 is 4.74 Å². The van der Waals surface area contributed by atoms with Gasteiger partial charge in [0.05, 0.1) is 22.4 Å². The van der Waals surface area contributed by atoms with Crippen molar-refractivity contribution in [2.45, 2.75) is 52.6 Å². The Balaban J connectivity index is 1.52. The summed E-state index contributed by atoms with van der Waals surface area (Å²) in [4.78, 5) is 23.7. The molecule has 4 aromatic heterocycles. The van der Waals surface area contributed by atoms with Crippen molar-refractivity contribution in [2.75, 3.05) is 0 Å². The van der Waals surface area contributed by atoms with Gasteiger partial charge in [0.1, 0.15) is 17.1 Å². The van der Waals surface area contributed by atoms with E-state index in [0.29, 0.717) is 5.82 Å². The molecule has 0 spiro atoms. The number of benzene rings is 3. The third kappa shape index (κ3) is 5.16. The number of aromatic nitrogens is 4. The maximum atomic E-state index is 13.9. The van der Waals surface area contributed by atoms with Crippen LogP contribution < -0.4 is 0 Å². The highest BCUT2D eigenvalue weighted by atomic mass is 16.6. The lowest BCUT2D eigenvalue weighted by Gasteiger charge is -2.21. The number of fused-ring (bicyclic) bond motifs is 4. The van der Waals surface area contributed by atoms with Crippen molar-refractivity contribution in [1.29, 1.82) is 0 Å². The summed E-state index contributed by atoms with van der Waals surface area (Å²) >= 11 is 0. The van der Waals surface area contributed by atoms with Crippen LogP contribution in [0.4, 0.5) is 4.79 Å². The smallest absolute Gasteiger partial charge is 0.420 e. The molecule has 6 nitrogen and oxygen atoms in total. The minimum atomic E-state index is -0.661. The zero-order valence-corrected chi connectivity index (χ0v) is 26.5. The maximum Gasteiger partial charge on any atom is 0.420 e. The first-order valence-electron chi connectivity index (χ1n) is 15.3. The largest absolute Gasteiger partial charge is 0.443 e. The zero-order chi connectivity index (χ0) is 31.5. The van der Waals surface area contributed by atoms with Crippen molar-refractivity contribution in [3.63, 3.8) is 0 Å². The van der Waals surface area contributed by atoms with Gasteiger partial charge in [-0.15, -0.1) is 0 Å². The molecule has 0 unspecified atom stereocenters. The molecule has 6 heteroatoms. The summed E-state index contributed by atoms with van der Waals surface area (Å²) in [5.74, 6) is 0.681. The van der Waals surface area contributed by atoms with Gasteiger partial charge >= 0.3 is 6.09 Å². The third-order valence-corrected chi connectivity index (χ3v) is 8.10. The van der Waals surface area contributed by atoms with Crippen molar-refractivity contribution in [1.82, 2.24) is 19.1 Å². The first kappa shape index (κ1) is 28.5. The monoisotopic (exact) mass is 592 g/mol. The third-order valence-electron chi connectivity index (χ3n) is 8.10. The molecule has 0 bridgehead atoms. The highest BCUT2D eigenvalue weighted by Gasteiger charge is 2.26. The number of para-hydroxylation sites is 1. The van der Waals surface area contributed by atoms with Gasteiger partial charge in [-0.1, -0.05) is 69.3 Å². The molecule has 0 aliphatic heterocycles. The Kier molecular flexibility index (Phi) is 6.62. The highest BCUT2D eigenvalue weighted by molar-refractivity contribution is 6.09. The lowest BCUT2D eigenvalue weighted by Crippen LogP contribution is -2.28. The molecule has 4 heterocycles. The van der Waals surface area contributed by atoms with E-state index < -0.39 is 11.7 Å². The summed E-state index contributed by atoms with van der Waals surface area (Å²) in [6.07, 6.45) is 1.37. The van der Waals surface area contributed by atoms with Crippen molar-refractivity contribution >= 4 is 38.9 Å². The molecule has 0 radical (unpaired) electrons. The SMILES string of the molecule is CC(C)(C)OC(=O)n1c(-n2c3ccc(C(C)(C)C)cc3c3ccc(-c4cccc(-c5ccccn5)c4)nc32)cc2ccccc21. The number of nitrogens with zero attached hydrogens (tertiary/aromatic N) is 4. The Bertz CT molecular complexity index is 2230. The quantitative estimate of drug-likeness (QED) is 0.205. The molecule has 7 aromatic rings. The van der Waals surface area contributed by atoms with E-state index in [1.807, 2.05) is 75.4 Å². The van der Waals surface area contributed by atoms with Gasteiger partial charge in [-0.2, -0.15) is 0 Å². The zero-order valence-electron chi connectivity index (χ0n) is 26.5. The van der Waals surface area contributed by atoms with Crippen LogP contribution in [0.5, 0.6) is 0 Å². The van der Waals surface area contributed by atoms with Gasteiger partial charge in [0.25, 0.3) is 0 Å². The standard InChI is InChI=1S/C39H36N4O2/c1-38(2,3)28-17-20-34-30(24-28)29-18-19-32(26-14-11-13-25(22-26)31-15-9-10-21-40-31)41-36(29)42(34)35-23-27-12-7-8-16-33(27)43(35)37(44)45-39(4,5)6/h7-24H,1-6H3. The van der Waals surface area contributed by atoms with Crippen LogP contribution >= 0.6 is 0 Å². The first-order valence-corrected chi connectivity index (χ1v) is 15.3. The lowest BCUT2D eigenvalue weighted by atomic mass is 9.86. The number of rotatable bonds is 3. The summed E-state index contributed by atoms with van der Waals surface area (Å²) < 4.78 is 9.73. The van der Waals surface area contributed by atoms with Crippen LogP contribution in [0.15, 0.2) is 109 Å². The van der Waals surface area contributed by atoms with Gasteiger partial charge in [-0.3, -0.25) is 9.55 Å². The van der Waals surface area contributed by atoms with E-state index in [9.17, 15) is 4.79 Å². The van der Waals surface area contributed by atoms with Crippen LogP contribution in [-0.2, 0) is 10.2 Å². The first-order chi connectivity index (χ1) is 21.5. The Morgan fingerprint density at radius 2 is 1.44 bits per heavy atom. The van der Waals surface area contributed by atoms with Crippen molar-refractivity contribution in [2.24, 2.45) is 0 Å². The van der Waals surface area contributed by atoms with Gasteiger partial charge in [0.2, 0.25) is 0 Å². The van der Waals surface area contributed by atoms with E-state index in [-0.39, 0.29) is 5.41 Å². The van der Waals surface area contributed by atoms with Crippen LogP contribution in [0, 0.1) is 0 Å². The van der Waals surface area contributed by atoms with E-state index >= 15 is 0 Å². The molecule has 0 saturated carbocycles. The average molecular weight is 593 g/mol. The van der Waals surface area contributed by atoms with Crippen molar-refractivity contribution in [3.8, 4) is 28.3 Å². The van der Waals surface area contributed by atoms with Crippen molar-refractivity contribution < 1.29 is 9.53 Å². The Hall–Kier alpha value is -5.23. The number of hydrogen-bond donors (Lipinski definition) is 0. The normalized spacial score (nSPS) is 12.3. The fourth-order valence-corrected chi connectivity index (χ4v) is 5.92. The van der Waals surface area contributed by atoms with Crippen molar-refractivity contribution in [3.05, 3.63) is 115 Å². The number of pyridine rings is 2. The summed E-state index contributed by atoms with van der Waals surface area (Å²) in [5, 5.41) is 3.04. The second-order valence-electron chi connectivity index (χ2n) is 13.6. The maximum absolute atomic E-state index is 13.9. The predicted molar refractivity (Wildman–Crippen MR) is 183 cm³/mol. The van der Waals surface area contributed by atoms with E-state index in [1.54, 1.807) is 10.8 Å². The van der Waals surface area contributed by atoms with Crippen LogP contribution in [-0.4, -0.2) is 30.8 Å². The summed E-state index contributed by atoms with van der Waals surface area (Å²) in [6.45, 7) is 12.3. The Morgan fingerprint density at radius 1 is 0.689 bits per heavy atom. The Labute approximate surface area is 262 Å². The fourth-order valence-electron chi connectivity index (χ4n) is 5.92. The van der Waals surface area contributed by atoms with Gasteiger partial charge in [-0.05, 0) is 86.3 Å². The van der Waals surface area contributed by atoms with Crippen LogP contribution in [0.1, 0.15) is 47.1 Å². The highest BCUT2D eigenvalue weighted by Crippen LogP contribution is 2.37. The number of carbonyl (C=O) groups is 1. The predicted octanol–water partition coefficient (Wildman–Crippen LogP) is 9.94. The molecule has 0 aliphatic rings. The second-order valence-corrected chi connectivity index (χ2v) is 13.6. The molecule has 0 aliphatic carbocycles. The van der Waals surface area contributed by atoms with Crippen LogP contribution in [0.25, 0.3) is 61.2 Å². The summed E-state index contributed by atoms with van der Waals surface area (Å²) in [5.41, 5.74) is 6.80. The summed E-state index contributed by atoms with van der Waals surface area (Å²) in [6, 6.07) is 35.0. The van der Waals surface area contributed by atoms with E-state index in [0.717, 1.165) is 55.4 Å². The molecule has 45 heavy (non-hydrogen) atoms. The number of carbonyl (C=O) groups excluding carboxylic acids is 1. The molecule has 3 aromatic carbocycles. The van der Waals surface area contributed by atoms with E-state index in [2.05, 4.69) is 78.9 Å². The minimum absolute atomic E-state index is 0.0344. The fraction of sp³-hybridized carbons (Fsp3) is 0.205. The number of ether oxygens (including phenoxy) is 1. The molecule has 0 atom stereocenters. The van der Waals surface area contributed by atoms with Crippen LogP contribution in [0.2, 0.25) is 0 Å². The molecule has 0 fully saturated rings. The topological polar surface area (TPSA) is 61.9 Å².